The normalized spacial score (nSPS) is 18.1. The molecular weight excluding hydrogens is 409 g/mol. The second-order valence-corrected chi connectivity index (χ2v) is 8.95. The SMILES string of the molecule is CCCSC(=O)Nc1cc2c3c(c1)[C@H](c1ccc(C(F)(F)F)cc1)CCN3CCC2. The Hall–Kier alpha value is -2.15. The lowest BCUT2D eigenvalue weighted by Crippen LogP contribution is -2.36. The van der Waals surface area contributed by atoms with E-state index in [4.69, 9.17) is 0 Å². The van der Waals surface area contributed by atoms with Gasteiger partial charge in [0.05, 0.1) is 5.56 Å². The lowest BCUT2D eigenvalue weighted by atomic mass is 9.80. The van der Waals surface area contributed by atoms with Gasteiger partial charge in [-0.25, -0.2) is 0 Å². The van der Waals surface area contributed by atoms with Crippen molar-refractivity contribution in [2.75, 3.05) is 29.1 Å². The molecule has 160 valence electrons. The molecule has 2 aromatic rings. The zero-order chi connectivity index (χ0) is 21.3. The predicted molar refractivity (Wildman–Crippen MR) is 117 cm³/mol. The van der Waals surface area contributed by atoms with Crippen molar-refractivity contribution in [3.05, 3.63) is 58.7 Å². The van der Waals surface area contributed by atoms with Gasteiger partial charge >= 0.3 is 6.18 Å². The molecule has 0 bridgehead atoms. The highest BCUT2D eigenvalue weighted by atomic mass is 32.2. The summed E-state index contributed by atoms with van der Waals surface area (Å²) in [6, 6.07) is 9.61. The largest absolute Gasteiger partial charge is 0.416 e. The maximum Gasteiger partial charge on any atom is 0.416 e. The van der Waals surface area contributed by atoms with E-state index in [0.717, 1.165) is 61.3 Å². The zero-order valence-corrected chi connectivity index (χ0v) is 17.7. The summed E-state index contributed by atoms with van der Waals surface area (Å²) in [6.45, 7) is 3.92. The van der Waals surface area contributed by atoms with Crippen LogP contribution in [-0.4, -0.2) is 24.1 Å². The Balaban J connectivity index is 1.69. The summed E-state index contributed by atoms with van der Waals surface area (Å²) in [5.41, 5.74) is 4.56. The van der Waals surface area contributed by atoms with Gasteiger partial charge in [-0.1, -0.05) is 30.8 Å². The maximum atomic E-state index is 13.0. The van der Waals surface area contributed by atoms with Crippen LogP contribution in [0.25, 0.3) is 0 Å². The molecule has 2 heterocycles. The first-order valence-corrected chi connectivity index (χ1v) is 11.4. The molecule has 30 heavy (non-hydrogen) atoms. The molecule has 0 fully saturated rings. The maximum absolute atomic E-state index is 13.0. The van der Waals surface area contributed by atoms with Gasteiger partial charge in [0.25, 0.3) is 5.24 Å². The minimum absolute atomic E-state index is 0.0236. The third-order valence-corrected chi connectivity index (χ3v) is 6.77. The van der Waals surface area contributed by atoms with Crippen molar-refractivity contribution in [2.45, 2.75) is 44.7 Å². The van der Waals surface area contributed by atoms with Crippen molar-refractivity contribution in [1.29, 1.82) is 0 Å². The fraction of sp³-hybridized carbons (Fsp3) is 0.435. The van der Waals surface area contributed by atoms with E-state index in [1.807, 2.05) is 13.0 Å². The molecule has 2 aliphatic rings. The lowest BCUT2D eigenvalue weighted by molar-refractivity contribution is -0.137. The Morgan fingerprint density at radius 2 is 1.97 bits per heavy atom. The number of aryl methyl sites for hydroxylation is 1. The van der Waals surface area contributed by atoms with Gasteiger partial charge in [-0.15, -0.1) is 0 Å². The topological polar surface area (TPSA) is 32.3 Å². The summed E-state index contributed by atoms with van der Waals surface area (Å²) in [5, 5.41) is 2.93. The summed E-state index contributed by atoms with van der Waals surface area (Å²) in [6.07, 6.45) is -0.538. The van der Waals surface area contributed by atoms with Crippen LogP contribution in [0.3, 0.4) is 0 Å². The molecule has 2 aromatic carbocycles. The number of halogens is 3. The number of anilines is 2. The Bertz CT molecular complexity index is 927. The molecule has 7 heteroatoms. The van der Waals surface area contributed by atoms with Crippen LogP contribution in [0.2, 0.25) is 0 Å². The molecule has 1 N–H and O–H groups in total. The highest BCUT2D eigenvalue weighted by molar-refractivity contribution is 8.13. The van der Waals surface area contributed by atoms with Crippen molar-refractivity contribution in [1.82, 2.24) is 0 Å². The molecule has 0 aliphatic carbocycles. The molecule has 0 saturated carbocycles. The number of thioether (sulfide) groups is 1. The molecule has 2 aliphatic heterocycles. The van der Waals surface area contributed by atoms with E-state index in [-0.39, 0.29) is 11.2 Å². The van der Waals surface area contributed by atoms with Crippen molar-refractivity contribution in [2.24, 2.45) is 0 Å². The molecule has 0 unspecified atom stereocenters. The first kappa shape index (κ1) is 21.1. The zero-order valence-electron chi connectivity index (χ0n) is 16.9. The monoisotopic (exact) mass is 434 g/mol. The number of carbonyl (C=O) groups excluding carboxylic acids is 1. The van der Waals surface area contributed by atoms with E-state index in [1.165, 1.54) is 35.1 Å². The van der Waals surface area contributed by atoms with Gasteiger partial charge in [0.1, 0.15) is 0 Å². The first-order valence-electron chi connectivity index (χ1n) is 10.4. The van der Waals surface area contributed by atoms with Gasteiger partial charge < -0.3 is 10.2 Å². The first-order chi connectivity index (χ1) is 14.4. The smallest absolute Gasteiger partial charge is 0.371 e. The second-order valence-electron chi connectivity index (χ2n) is 7.89. The number of benzene rings is 2. The Kier molecular flexibility index (Phi) is 6.00. The van der Waals surface area contributed by atoms with Gasteiger partial charge in [0.15, 0.2) is 0 Å². The molecule has 0 radical (unpaired) electrons. The van der Waals surface area contributed by atoms with Crippen LogP contribution in [0.15, 0.2) is 36.4 Å². The molecule has 0 spiro atoms. The van der Waals surface area contributed by atoms with E-state index in [2.05, 4.69) is 16.3 Å². The average molecular weight is 435 g/mol. The van der Waals surface area contributed by atoms with E-state index >= 15 is 0 Å². The van der Waals surface area contributed by atoms with Crippen molar-refractivity contribution < 1.29 is 18.0 Å². The summed E-state index contributed by atoms with van der Waals surface area (Å²) in [7, 11) is 0. The molecule has 1 amide bonds. The molecule has 4 rings (SSSR count). The minimum atomic E-state index is -4.33. The molecule has 3 nitrogen and oxygen atoms in total. The second kappa shape index (κ2) is 8.53. The van der Waals surface area contributed by atoms with Crippen LogP contribution < -0.4 is 10.2 Å². The van der Waals surface area contributed by atoms with Crippen LogP contribution in [0, 0.1) is 0 Å². The quantitative estimate of drug-likeness (QED) is 0.583. The third kappa shape index (κ3) is 4.31. The van der Waals surface area contributed by atoms with Gasteiger partial charge in [0.2, 0.25) is 0 Å². The Labute approximate surface area is 179 Å². The molecule has 0 aromatic heterocycles. The average Bonchev–Trinajstić information content (AvgIpc) is 2.72. The van der Waals surface area contributed by atoms with Crippen LogP contribution in [0.5, 0.6) is 0 Å². The van der Waals surface area contributed by atoms with Crippen molar-refractivity contribution in [3.63, 3.8) is 0 Å². The fourth-order valence-electron chi connectivity index (χ4n) is 4.47. The number of hydrogen-bond acceptors (Lipinski definition) is 3. The number of alkyl halides is 3. The van der Waals surface area contributed by atoms with Gasteiger partial charge in [0, 0.05) is 36.1 Å². The van der Waals surface area contributed by atoms with Crippen LogP contribution in [-0.2, 0) is 12.6 Å². The van der Waals surface area contributed by atoms with Gasteiger partial charge in [-0.2, -0.15) is 13.2 Å². The van der Waals surface area contributed by atoms with Crippen molar-refractivity contribution >= 4 is 28.4 Å². The summed E-state index contributed by atoms with van der Waals surface area (Å²) in [4.78, 5) is 14.6. The van der Waals surface area contributed by atoms with Crippen LogP contribution >= 0.6 is 11.8 Å². The molecule has 1 atom stereocenters. The molecular formula is C23H25F3N2OS. The number of nitrogens with zero attached hydrogens (tertiary/aromatic N) is 1. The van der Waals surface area contributed by atoms with E-state index in [9.17, 15) is 18.0 Å². The van der Waals surface area contributed by atoms with E-state index < -0.39 is 11.7 Å². The third-order valence-electron chi connectivity index (χ3n) is 5.80. The number of rotatable bonds is 4. The molecule has 0 saturated heterocycles. The van der Waals surface area contributed by atoms with Crippen LogP contribution in [0.1, 0.15) is 54.4 Å². The van der Waals surface area contributed by atoms with Crippen LogP contribution in [0.4, 0.5) is 29.3 Å². The highest BCUT2D eigenvalue weighted by Crippen LogP contribution is 2.45. The number of carbonyl (C=O) groups is 1. The van der Waals surface area contributed by atoms with E-state index in [0.29, 0.717) is 0 Å². The number of amides is 1. The lowest BCUT2D eigenvalue weighted by Gasteiger charge is -2.40. The number of hydrogen-bond donors (Lipinski definition) is 1. The summed E-state index contributed by atoms with van der Waals surface area (Å²) >= 11 is 1.27. The van der Waals surface area contributed by atoms with Crippen molar-refractivity contribution in [3.8, 4) is 0 Å². The predicted octanol–water partition coefficient (Wildman–Crippen LogP) is 6.67. The standard InChI is InChI=1S/C23H25F3N2OS/c1-2-12-30-22(29)27-18-13-16-4-3-10-28-11-9-19(20(14-18)21(16)28)15-5-7-17(8-6-15)23(24,25)26/h5-8,13-14,19H,2-4,9-12H2,1H3,(H,27,29)/t19-/m0/s1. The van der Waals surface area contributed by atoms with E-state index in [1.54, 1.807) is 12.1 Å². The Morgan fingerprint density at radius 1 is 1.20 bits per heavy atom. The minimum Gasteiger partial charge on any atom is -0.371 e. The van der Waals surface area contributed by atoms with Gasteiger partial charge in [-0.3, -0.25) is 4.79 Å². The van der Waals surface area contributed by atoms with Gasteiger partial charge in [-0.05, 0) is 66.6 Å². The Morgan fingerprint density at radius 3 is 2.67 bits per heavy atom. The summed E-state index contributed by atoms with van der Waals surface area (Å²) < 4.78 is 38.9. The summed E-state index contributed by atoms with van der Waals surface area (Å²) in [5.74, 6) is 0.793. The highest BCUT2D eigenvalue weighted by Gasteiger charge is 2.33. The number of nitrogens with one attached hydrogen (secondary N) is 1. The fourth-order valence-corrected chi connectivity index (χ4v) is 5.05.